The second-order valence-corrected chi connectivity index (χ2v) is 15.2. The maximum atomic E-state index is 6.57. The first-order chi connectivity index (χ1) is 30.7. The zero-order chi connectivity index (χ0) is 41.0. The molecule has 0 atom stereocenters. The molecule has 290 valence electrons. The monoisotopic (exact) mass is 795 g/mol. The van der Waals surface area contributed by atoms with E-state index in [4.69, 9.17) is 33.8 Å². The van der Waals surface area contributed by atoms with Crippen LogP contribution in [0.2, 0.25) is 0 Å². The van der Waals surface area contributed by atoms with E-state index in [9.17, 15) is 0 Å². The Kier molecular flexibility index (Phi) is 8.35. The van der Waals surface area contributed by atoms with Crippen LogP contribution in [0.25, 0.3) is 123 Å². The van der Waals surface area contributed by atoms with Crippen molar-refractivity contribution >= 4 is 44.0 Å². The summed E-state index contributed by atoms with van der Waals surface area (Å²) in [6.07, 6.45) is 0. The summed E-state index contributed by atoms with van der Waals surface area (Å²) in [7, 11) is 0. The van der Waals surface area contributed by atoms with Crippen molar-refractivity contribution in [2.45, 2.75) is 0 Å². The Morgan fingerprint density at radius 2 is 0.823 bits per heavy atom. The molecule has 0 spiro atoms. The molecule has 0 bridgehead atoms. The average molecular weight is 796 g/mol. The van der Waals surface area contributed by atoms with E-state index in [-0.39, 0.29) is 0 Å². The Balaban J connectivity index is 0.935. The van der Waals surface area contributed by atoms with Crippen LogP contribution in [0.4, 0.5) is 0 Å². The van der Waals surface area contributed by atoms with Crippen molar-refractivity contribution in [3.63, 3.8) is 0 Å². The molecule has 0 amide bonds. The van der Waals surface area contributed by atoms with Gasteiger partial charge in [0.2, 0.25) is 0 Å². The zero-order valence-corrected chi connectivity index (χ0v) is 33.1. The predicted molar refractivity (Wildman–Crippen MR) is 248 cm³/mol. The topological polar surface area (TPSA) is 90.7 Å². The lowest BCUT2D eigenvalue weighted by molar-refractivity contribution is 0.667. The van der Waals surface area contributed by atoms with Gasteiger partial charge in [0, 0.05) is 44.0 Å². The van der Waals surface area contributed by atoms with Gasteiger partial charge >= 0.3 is 0 Å². The van der Waals surface area contributed by atoms with Crippen LogP contribution in [-0.4, -0.2) is 24.9 Å². The summed E-state index contributed by atoms with van der Waals surface area (Å²) in [4.78, 5) is 25.2. The van der Waals surface area contributed by atoms with Gasteiger partial charge in [-0.1, -0.05) is 164 Å². The average Bonchev–Trinajstić information content (AvgIpc) is 3.93. The fourth-order valence-electron chi connectivity index (χ4n) is 8.33. The second-order valence-electron chi connectivity index (χ2n) is 15.2. The van der Waals surface area contributed by atoms with Crippen LogP contribution < -0.4 is 0 Å². The van der Waals surface area contributed by atoms with E-state index in [0.717, 1.165) is 94.2 Å². The molecule has 0 aliphatic heterocycles. The summed E-state index contributed by atoms with van der Waals surface area (Å²) < 4.78 is 13.0. The van der Waals surface area contributed by atoms with Crippen molar-refractivity contribution < 1.29 is 8.83 Å². The number of aromatic nitrogens is 5. The highest BCUT2D eigenvalue weighted by molar-refractivity contribution is 6.12. The highest BCUT2D eigenvalue weighted by atomic mass is 16.3. The van der Waals surface area contributed by atoms with Gasteiger partial charge in [0.05, 0.1) is 0 Å². The maximum absolute atomic E-state index is 6.57. The molecule has 0 aliphatic rings. The summed E-state index contributed by atoms with van der Waals surface area (Å²) in [6.45, 7) is 0. The van der Waals surface area contributed by atoms with E-state index >= 15 is 0 Å². The molecule has 0 fully saturated rings. The molecule has 62 heavy (non-hydrogen) atoms. The summed E-state index contributed by atoms with van der Waals surface area (Å²) in [5.74, 6) is 2.45. The van der Waals surface area contributed by atoms with Gasteiger partial charge in [0.25, 0.3) is 0 Å². The maximum Gasteiger partial charge on any atom is 0.180 e. The Labute approximate surface area is 355 Å². The van der Waals surface area contributed by atoms with Gasteiger partial charge in [-0.15, -0.1) is 0 Å². The summed E-state index contributed by atoms with van der Waals surface area (Å²) in [6, 6.07) is 67.7. The van der Waals surface area contributed by atoms with Gasteiger partial charge < -0.3 is 8.83 Å². The number of para-hydroxylation sites is 1. The number of hydrogen-bond acceptors (Lipinski definition) is 7. The Morgan fingerprint density at radius 1 is 0.290 bits per heavy atom. The predicted octanol–water partition coefficient (Wildman–Crippen LogP) is 14.1. The third-order valence-corrected chi connectivity index (χ3v) is 11.4. The number of benzene rings is 8. The highest BCUT2D eigenvalue weighted by Crippen LogP contribution is 2.40. The van der Waals surface area contributed by atoms with E-state index in [0.29, 0.717) is 28.9 Å². The van der Waals surface area contributed by atoms with E-state index in [1.165, 1.54) is 0 Å². The van der Waals surface area contributed by atoms with Gasteiger partial charge in [0.1, 0.15) is 28.0 Å². The molecule has 8 aromatic carbocycles. The van der Waals surface area contributed by atoms with Gasteiger partial charge in [-0.3, -0.25) is 0 Å². The van der Waals surface area contributed by atoms with Crippen molar-refractivity contribution in [2.24, 2.45) is 0 Å². The van der Waals surface area contributed by atoms with Gasteiger partial charge in [-0.2, -0.15) is 0 Å². The van der Waals surface area contributed by atoms with E-state index in [1.54, 1.807) is 0 Å². The Bertz CT molecular complexity index is 3560. The SMILES string of the molecule is c1ccc(-c2cccc(-c3nc(-c4ccc(-c5ccc6c(c5)oc5cccc(-c7nc(-c8ccccc8)nc(-c8ccccc8)n7)c56)cc4)c4oc5ccccc5c4n3)c2)cc1. The lowest BCUT2D eigenvalue weighted by Crippen LogP contribution is -2.00. The lowest BCUT2D eigenvalue weighted by atomic mass is 9.99. The lowest BCUT2D eigenvalue weighted by Gasteiger charge is -2.09. The van der Waals surface area contributed by atoms with E-state index in [1.807, 2.05) is 97.1 Å². The fraction of sp³-hybridized carbons (Fsp3) is 0. The van der Waals surface area contributed by atoms with Gasteiger partial charge in [0.15, 0.2) is 28.9 Å². The third-order valence-electron chi connectivity index (χ3n) is 11.4. The smallest absolute Gasteiger partial charge is 0.180 e. The Morgan fingerprint density at radius 3 is 1.56 bits per heavy atom. The zero-order valence-electron chi connectivity index (χ0n) is 33.1. The standard InChI is InChI=1S/C55H33N5O2/c1-4-14-34(15-5-1)39-20-12-21-41(32-39)54-56-49(51-50(57-54)43-22-10-11-24-45(43)62-51)36-28-26-35(27-29-36)40-30-31-42-47(33-40)61-46-25-13-23-44(48(42)46)55-59-52(37-16-6-2-7-17-37)58-53(60-55)38-18-8-3-9-19-38/h1-33H. The largest absolute Gasteiger partial charge is 0.456 e. The first-order valence-electron chi connectivity index (χ1n) is 20.5. The number of furan rings is 2. The van der Waals surface area contributed by atoms with Crippen molar-refractivity contribution in [2.75, 3.05) is 0 Å². The van der Waals surface area contributed by atoms with Crippen LogP contribution in [0.5, 0.6) is 0 Å². The molecule has 0 aliphatic carbocycles. The van der Waals surface area contributed by atoms with Crippen LogP contribution in [-0.2, 0) is 0 Å². The molecule has 0 unspecified atom stereocenters. The molecule has 7 heteroatoms. The normalized spacial score (nSPS) is 11.5. The number of nitrogens with zero attached hydrogens (tertiary/aromatic N) is 5. The molecule has 0 saturated heterocycles. The van der Waals surface area contributed by atoms with Gasteiger partial charge in [-0.05, 0) is 58.7 Å². The van der Waals surface area contributed by atoms with Crippen molar-refractivity contribution in [3.8, 4) is 79.1 Å². The van der Waals surface area contributed by atoms with Crippen molar-refractivity contribution in [3.05, 3.63) is 200 Å². The van der Waals surface area contributed by atoms with E-state index < -0.39 is 0 Å². The molecule has 7 nitrogen and oxygen atoms in total. The number of fused-ring (bicyclic) bond motifs is 6. The molecule has 0 radical (unpaired) electrons. The van der Waals surface area contributed by atoms with Crippen LogP contribution in [0.1, 0.15) is 0 Å². The third kappa shape index (κ3) is 6.19. The molecule has 0 N–H and O–H groups in total. The number of hydrogen-bond donors (Lipinski definition) is 0. The quantitative estimate of drug-likeness (QED) is 0.159. The minimum Gasteiger partial charge on any atom is -0.456 e. The summed E-state index contributed by atoms with van der Waals surface area (Å²) >= 11 is 0. The van der Waals surface area contributed by atoms with Crippen LogP contribution in [0.15, 0.2) is 209 Å². The molecule has 12 aromatic rings. The van der Waals surface area contributed by atoms with Crippen LogP contribution in [0.3, 0.4) is 0 Å². The molecule has 0 saturated carbocycles. The first-order valence-corrected chi connectivity index (χ1v) is 20.5. The second kappa shape index (κ2) is 14.6. The van der Waals surface area contributed by atoms with Crippen molar-refractivity contribution in [1.29, 1.82) is 0 Å². The molecular weight excluding hydrogens is 763 g/mol. The van der Waals surface area contributed by atoms with Crippen LogP contribution >= 0.6 is 0 Å². The molecule has 12 rings (SSSR count). The molecular formula is C55H33N5O2. The minimum atomic E-state index is 0.584. The van der Waals surface area contributed by atoms with Gasteiger partial charge in [-0.25, -0.2) is 24.9 Å². The fourth-order valence-corrected chi connectivity index (χ4v) is 8.33. The van der Waals surface area contributed by atoms with E-state index in [2.05, 4.69) is 103 Å². The first kappa shape index (κ1) is 35.4. The van der Waals surface area contributed by atoms with Crippen LogP contribution in [0, 0.1) is 0 Å². The molecule has 4 aromatic heterocycles. The molecule has 4 heterocycles. The highest BCUT2D eigenvalue weighted by Gasteiger charge is 2.21. The number of rotatable bonds is 7. The summed E-state index contributed by atoms with van der Waals surface area (Å²) in [5, 5.41) is 2.89. The Hall–Kier alpha value is -8.55. The minimum absolute atomic E-state index is 0.584. The van der Waals surface area contributed by atoms with Crippen molar-refractivity contribution in [1.82, 2.24) is 24.9 Å². The summed E-state index contributed by atoms with van der Waals surface area (Å²) in [5.41, 5.74) is 13.4.